The van der Waals surface area contributed by atoms with Gasteiger partial charge >= 0.3 is 0 Å². The van der Waals surface area contributed by atoms with Crippen molar-refractivity contribution < 1.29 is 9.53 Å². The maximum atomic E-state index is 11.5. The van der Waals surface area contributed by atoms with Crippen LogP contribution in [-0.2, 0) is 9.53 Å². The molecule has 1 amide bonds. The maximum Gasteiger partial charge on any atom is 0.236 e. The van der Waals surface area contributed by atoms with E-state index in [-0.39, 0.29) is 12.0 Å². The van der Waals surface area contributed by atoms with E-state index < -0.39 is 0 Å². The number of nitrogens with one attached hydrogen (secondary N) is 1. The zero-order valence-corrected chi connectivity index (χ0v) is 9.25. The van der Waals surface area contributed by atoms with Crippen molar-refractivity contribution in [3.05, 3.63) is 0 Å². The van der Waals surface area contributed by atoms with Crippen LogP contribution in [0.25, 0.3) is 0 Å². The van der Waals surface area contributed by atoms with E-state index >= 15 is 0 Å². The molecule has 4 heteroatoms. The van der Waals surface area contributed by atoms with Gasteiger partial charge in [-0.25, -0.2) is 0 Å². The van der Waals surface area contributed by atoms with E-state index in [1.807, 2.05) is 18.9 Å². The minimum atomic E-state index is 0.161. The van der Waals surface area contributed by atoms with Crippen LogP contribution in [0.5, 0.6) is 0 Å². The molecule has 0 aromatic carbocycles. The molecule has 14 heavy (non-hydrogen) atoms. The van der Waals surface area contributed by atoms with E-state index in [4.69, 9.17) is 4.74 Å². The minimum Gasteiger partial charge on any atom is -0.380 e. The molecule has 0 spiro atoms. The molecule has 0 aromatic heterocycles. The number of methoxy groups -OCH3 is 1. The average Bonchev–Trinajstić information content (AvgIpc) is 2.99. The summed E-state index contributed by atoms with van der Waals surface area (Å²) >= 11 is 0. The summed E-state index contributed by atoms with van der Waals surface area (Å²) in [6.07, 6.45) is 2.49. The fraction of sp³-hybridized carbons (Fsp3) is 0.900. The van der Waals surface area contributed by atoms with Gasteiger partial charge < -0.3 is 15.0 Å². The number of carbonyl (C=O) groups excluding carboxylic acids is 1. The van der Waals surface area contributed by atoms with Crippen LogP contribution >= 0.6 is 0 Å². The molecule has 1 rings (SSSR count). The molecule has 1 fully saturated rings. The van der Waals surface area contributed by atoms with Crippen LogP contribution in [-0.4, -0.2) is 50.2 Å². The lowest BCUT2D eigenvalue weighted by Crippen LogP contribution is -2.39. The van der Waals surface area contributed by atoms with E-state index in [0.717, 1.165) is 19.4 Å². The summed E-state index contributed by atoms with van der Waals surface area (Å²) < 4.78 is 5.06. The molecular weight excluding hydrogens is 180 g/mol. The first-order valence-electron chi connectivity index (χ1n) is 5.14. The highest BCUT2D eigenvalue weighted by atomic mass is 16.5. The molecule has 0 saturated heterocycles. The Labute approximate surface area is 85.6 Å². The van der Waals surface area contributed by atoms with Crippen LogP contribution in [0.15, 0.2) is 0 Å². The minimum absolute atomic E-state index is 0.161. The topological polar surface area (TPSA) is 41.6 Å². The van der Waals surface area contributed by atoms with Crippen molar-refractivity contribution >= 4 is 5.91 Å². The predicted molar refractivity (Wildman–Crippen MR) is 55.1 cm³/mol. The summed E-state index contributed by atoms with van der Waals surface area (Å²) in [6, 6.07) is 0.504. The second kappa shape index (κ2) is 5.32. The molecule has 0 aliphatic heterocycles. The van der Waals surface area contributed by atoms with Gasteiger partial charge in [-0.2, -0.15) is 0 Å². The monoisotopic (exact) mass is 200 g/mol. The number of rotatable bonds is 6. The lowest BCUT2D eigenvalue weighted by atomic mass is 10.4. The van der Waals surface area contributed by atoms with Crippen LogP contribution < -0.4 is 5.32 Å². The maximum absolute atomic E-state index is 11.5. The number of hydrogen-bond donors (Lipinski definition) is 1. The molecule has 4 nitrogen and oxygen atoms in total. The van der Waals surface area contributed by atoms with E-state index in [0.29, 0.717) is 12.6 Å². The SMILES string of the molecule is COC(C)CNCC(=O)N(C)C1CC1. The summed E-state index contributed by atoms with van der Waals surface area (Å²) in [5, 5.41) is 3.08. The number of nitrogens with zero attached hydrogens (tertiary/aromatic N) is 1. The number of hydrogen-bond acceptors (Lipinski definition) is 3. The molecule has 0 bridgehead atoms. The zero-order chi connectivity index (χ0) is 10.6. The lowest BCUT2D eigenvalue weighted by Gasteiger charge is -2.17. The van der Waals surface area contributed by atoms with Crippen molar-refractivity contribution in [1.29, 1.82) is 0 Å². The molecule has 1 N–H and O–H groups in total. The predicted octanol–water partition coefficient (Wildman–Crippen LogP) is 0.232. The number of likely N-dealkylation sites (N-methyl/N-ethyl adjacent to an activating group) is 1. The summed E-state index contributed by atoms with van der Waals surface area (Å²) in [5.74, 6) is 0.177. The number of ether oxygens (including phenoxy) is 1. The Kier molecular flexibility index (Phi) is 4.35. The van der Waals surface area contributed by atoms with Gasteiger partial charge in [-0.15, -0.1) is 0 Å². The molecule has 1 aliphatic carbocycles. The highest BCUT2D eigenvalue weighted by Crippen LogP contribution is 2.24. The Morgan fingerprint density at radius 3 is 2.79 bits per heavy atom. The molecule has 0 heterocycles. The molecule has 1 saturated carbocycles. The molecule has 82 valence electrons. The first-order chi connectivity index (χ1) is 6.65. The zero-order valence-electron chi connectivity index (χ0n) is 9.25. The Morgan fingerprint density at radius 2 is 2.29 bits per heavy atom. The average molecular weight is 200 g/mol. The van der Waals surface area contributed by atoms with Gasteiger partial charge in [0.1, 0.15) is 0 Å². The number of carbonyl (C=O) groups is 1. The van der Waals surface area contributed by atoms with Gasteiger partial charge in [0.05, 0.1) is 12.6 Å². The van der Waals surface area contributed by atoms with Crippen LogP contribution in [0.3, 0.4) is 0 Å². The number of amides is 1. The molecule has 1 unspecified atom stereocenters. The van der Waals surface area contributed by atoms with Gasteiger partial charge in [0.15, 0.2) is 0 Å². The van der Waals surface area contributed by atoms with Crippen LogP contribution in [0.4, 0.5) is 0 Å². The van der Waals surface area contributed by atoms with Gasteiger partial charge in [-0.3, -0.25) is 4.79 Å². The van der Waals surface area contributed by atoms with Crippen LogP contribution in [0.1, 0.15) is 19.8 Å². The Balaban J connectivity index is 2.08. The first-order valence-corrected chi connectivity index (χ1v) is 5.14. The smallest absolute Gasteiger partial charge is 0.236 e. The molecule has 0 radical (unpaired) electrons. The van der Waals surface area contributed by atoms with E-state index in [1.165, 1.54) is 0 Å². The normalized spacial score (nSPS) is 17.9. The highest BCUT2D eigenvalue weighted by molar-refractivity contribution is 5.78. The first kappa shape index (κ1) is 11.5. The fourth-order valence-corrected chi connectivity index (χ4v) is 1.26. The molecule has 1 atom stereocenters. The highest BCUT2D eigenvalue weighted by Gasteiger charge is 2.28. The third-order valence-electron chi connectivity index (χ3n) is 2.60. The van der Waals surface area contributed by atoms with Crippen LogP contribution in [0.2, 0.25) is 0 Å². The van der Waals surface area contributed by atoms with Crippen molar-refractivity contribution in [2.24, 2.45) is 0 Å². The van der Waals surface area contributed by atoms with Crippen molar-refractivity contribution in [2.45, 2.75) is 31.9 Å². The molecular formula is C10H20N2O2. The quantitative estimate of drug-likeness (QED) is 0.667. The largest absolute Gasteiger partial charge is 0.380 e. The van der Waals surface area contributed by atoms with E-state index in [2.05, 4.69) is 5.32 Å². The van der Waals surface area contributed by atoms with Gasteiger partial charge in [0.2, 0.25) is 5.91 Å². The second-order valence-electron chi connectivity index (χ2n) is 3.91. The van der Waals surface area contributed by atoms with Gasteiger partial charge in [0.25, 0.3) is 0 Å². The van der Waals surface area contributed by atoms with Crippen molar-refractivity contribution in [3.8, 4) is 0 Å². The molecule has 0 aromatic rings. The van der Waals surface area contributed by atoms with Gasteiger partial charge in [-0.05, 0) is 19.8 Å². The Hall–Kier alpha value is -0.610. The standard InChI is InChI=1S/C10H20N2O2/c1-8(14-3)6-11-7-10(13)12(2)9-4-5-9/h8-9,11H,4-7H2,1-3H3. The van der Waals surface area contributed by atoms with Crippen molar-refractivity contribution in [1.82, 2.24) is 10.2 Å². The second-order valence-corrected chi connectivity index (χ2v) is 3.91. The summed E-state index contributed by atoms with van der Waals surface area (Å²) in [6.45, 7) is 3.11. The van der Waals surface area contributed by atoms with E-state index in [9.17, 15) is 4.79 Å². The lowest BCUT2D eigenvalue weighted by molar-refractivity contribution is -0.129. The van der Waals surface area contributed by atoms with Crippen LogP contribution in [0, 0.1) is 0 Å². The third kappa shape index (κ3) is 3.64. The molecule has 1 aliphatic rings. The Morgan fingerprint density at radius 1 is 1.64 bits per heavy atom. The van der Waals surface area contributed by atoms with Gasteiger partial charge in [-0.1, -0.05) is 0 Å². The van der Waals surface area contributed by atoms with E-state index in [1.54, 1.807) is 7.11 Å². The fourth-order valence-electron chi connectivity index (χ4n) is 1.26. The van der Waals surface area contributed by atoms with Crippen molar-refractivity contribution in [3.63, 3.8) is 0 Å². The summed E-state index contributed by atoms with van der Waals surface area (Å²) in [5.41, 5.74) is 0. The van der Waals surface area contributed by atoms with Gasteiger partial charge in [0, 0.05) is 26.7 Å². The van der Waals surface area contributed by atoms with Crippen molar-refractivity contribution in [2.75, 3.05) is 27.2 Å². The Bertz CT molecular complexity index is 193. The summed E-state index contributed by atoms with van der Waals surface area (Å²) in [4.78, 5) is 13.4. The summed E-state index contributed by atoms with van der Waals surface area (Å²) in [7, 11) is 3.55. The third-order valence-corrected chi connectivity index (χ3v) is 2.60.